The van der Waals surface area contributed by atoms with Crippen LogP contribution in [0, 0.1) is 6.92 Å². The molecular weight excluding hydrogens is 198 g/mol. The van der Waals surface area contributed by atoms with Gasteiger partial charge in [-0.05, 0) is 25.6 Å². The van der Waals surface area contributed by atoms with Crippen molar-refractivity contribution < 1.29 is 0 Å². The summed E-state index contributed by atoms with van der Waals surface area (Å²) in [4.78, 5) is 4.41. The Labute approximate surface area is 87.7 Å². The van der Waals surface area contributed by atoms with Crippen molar-refractivity contribution >= 4 is 17.2 Å². The summed E-state index contributed by atoms with van der Waals surface area (Å²) in [5.41, 5.74) is 2.96. The molecule has 0 amide bonds. The highest BCUT2D eigenvalue weighted by atomic mass is 35.5. The van der Waals surface area contributed by atoms with Crippen LogP contribution < -0.4 is 5.32 Å². The number of halogens is 1. The van der Waals surface area contributed by atoms with E-state index in [4.69, 9.17) is 11.6 Å². The van der Waals surface area contributed by atoms with Crippen molar-refractivity contribution in [2.24, 2.45) is 0 Å². The minimum atomic E-state index is 0.693. The lowest BCUT2D eigenvalue weighted by atomic mass is 10.3. The van der Waals surface area contributed by atoms with Crippen LogP contribution in [0.4, 0.5) is 0 Å². The topological polar surface area (TPSA) is 29.3 Å². The van der Waals surface area contributed by atoms with E-state index in [0.717, 1.165) is 11.3 Å². The molecule has 3 nitrogen and oxygen atoms in total. The number of hydrogen-bond donors (Lipinski definition) is 1. The summed E-state index contributed by atoms with van der Waals surface area (Å²) in [6.45, 7) is 2.73. The quantitative estimate of drug-likeness (QED) is 0.820. The number of nitrogens with zero attached hydrogens (tertiary/aromatic N) is 2. The summed E-state index contributed by atoms with van der Waals surface area (Å²) < 4.78 is 1.91. The first-order valence-corrected chi connectivity index (χ1v) is 4.88. The van der Waals surface area contributed by atoms with E-state index < -0.39 is 0 Å². The molecule has 2 aromatic heterocycles. The van der Waals surface area contributed by atoms with Gasteiger partial charge in [0, 0.05) is 12.7 Å². The van der Waals surface area contributed by atoms with Gasteiger partial charge in [0.05, 0.1) is 5.69 Å². The van der Waals surface area contributed by atoms with E-state index in [1.54, 1.807) is 0 Å². The largest absolute Gasteiger partial charge is 0.314 e. The van der Waals surface area contributed by atoms with Crippen LogP contribution in [0.3, 0.4) is 0 Å². The normalized spacial score (nSPS) is 11.1. The summed E-state index contributed by atoms with van der Waals surface area (Å²) in [6, 6.07) is 4.00. The molecule has 0 aliphatic carbocycles. The monoisotopic (exact) mass is 209 g/mol. The van der Waals surface area contributed by atoms with Gasteiger partial charge in [-0.3, -0.25) is 4.40 Å². The predicted molar refractivity (Wildman–Crippen MR) is 57.7 cm³/mol. The third-order valence-corrected chi connectivity index (χ3v) is 2.52. The van der Waals surface area contributed by atoms with E-state index in [2.05, 4.69) is 10.3 Å². The lowest BCUT2D eigenvalue weighted by Crippen LogP contribution is -2.05. The van der Waals surface area contributed by atoms with Gasteiger partial charge in [0.25, 0.3) is 0 Å². The third-order valence-electron chi connectivity index (χ3n) is 2.12. The Morgan fingerprint density at radius 3 is 3.00 bits per heavy atom. The molecule has 0 spiro atoms. The summed E-state index contributed by atoms with van der Waals surface area (Å²) in [5.74, 6) is 0. The fraction of sp³-hybridized carbons (Fsp3) is 0.300. The van der Waals surface area contributed by atoms with Crippen LogP contribution in [-0.2, 0) is 6.54 Å². The molecule has 1 N–H and O–H groups in total. The molecule has 0 bridgehead atoms. The SMILES string of the molecule is CNCc1nc2ccc(C)cn2c1Cl. The summed E-state index contributed by atoms with van der Waals surface area (Å²) in [7, 11) is 1.88. The van der Waals surface area contributed by atoms with E-state index in [1.807, 2.05) is 36.7 Å². The summed E-state index contributed by atoms with van der Waals surface area (Å²) >= 11 is 6.17. The number of aryl methyl sites for hydroxylation is 1. The first kappa shape index (κ1) is 9.49. The molecule has 2 aromatic rings. The van der Waals surface area contributed by atoms with Crippen molar-refractivity contribution in [3.8, 4) is 0 Å². The number of imidazole rings is 1. The summed E-state index contributed by atoms with van der Waals surface area (Å²) in [5, 5.41) is 3.73. The molecule has 0 aromatic carbocycles. The molecule has 0 aliphatic heterocycles. The Morgan fingerprint density at radius 2 is 2.29 bits per heavy atom. The number of pyridine rings is 1. The van der Waals surface area contributed by atoms with Gasteiger partial charge in [0.2, 0.25) is 0 Å². The molecule has 4 heteroatoms. The number of rotatable bonds is 2. The first-order chi connectivity index (χ1) is 6.72. The molecule has 0 unspecified atom stereocenters. The molecular formula is C10H12ClN3. The molecule has 2 heterocycles. The van der Waals surface area contributed by atoms with E-state index in [-0.39, 0.29) is 0 Å². The molecule has 74 valence electrons. The Bertz CT molecular complexity index is 462. The minimum absolute atomic E-state index is 0.693. The van der Waals surface area contributed by atoms with Gasteiger partial charge in [-0.25, -0.2) is 4.98 Å². The van der Waals surface area contributed by atoms with Gasteiger partial charge in [-0.15, -0.1) is 0 Å². The van der Waals surface area contributed by atoms with Crippen molar-refractivity contribution in [3.05, 3.63) is 34.7 Å². The predicted octanol–water partition coefficient (Wildman–Crippen LogP) is 2.02. The molecule has 0 radical (unpaired) electrons. The van der Waals surface area contributed by atoms with Gasteiger partial charge < -0.3 is 5.32 Å². The smallest absolute Gasteiger partial charge is 0.138 e. The maximum Gasteiger partial charge on any atom is 0.138 e. The average Bonchev–Trinajstić information content (AvgIpc) is 2.46. The van der Waals surface area contributed by atoms with Crippen LogP contribution in [-0.4, -0.2) is 16.4 Å². The zero-order valence-corrected chi connectivity index (χ0v) is 8.97. The highest BCUT2D eigenvalue weighted by Crippen LogP contribution is 2.18. The molecule has 0 saturated carbocycles. The third kappa shape index (κ3) is 1.49. The molecule has 14 heavy (non-hydrogen) atoms. The lowest BCUT2D eigenvalue weighted by Gasteiger charge is -1.96. The van der Waals surface area contributed by atoms with Gasteiger partial charge in [-0.1, -0.05) is 17.7 Å². The minimum Gasteiger partial charge on any atom is -0.314 e. The average molecular weight is 210 g/mol. The van der Waals surface area contributed by atoms with Gasteiger partial charge >= 0.3 is 0 Å². The van der Waals surface area contributed by atoms with Crippen molar-refractivity contribution in [2.75, 3.05) is 7.05 Å². The van der Waals surface area contributed by atoms with Crippen LogP contribution >= 0.6 is 11.6 Å². The maximum atomic E-state index is 6.17. The van der Waals surface area contributed by atoms with E-state index >= 15 is 0 Å². The Kier molecular flexibility index (Phi) is 2.44. The maximum absolute atomic E-state index is 6.17. The van der Waals surface area contributed by atoms with Crippen LogP contribution in [0.1, 0.15) is 11.3 Å². The number of nitrogens with one attached hydrogen (secondary N) is 1. The van der Waals surface area contributed by atoms with Crippen molar-refractivity contribution in [2.45, 2.75) is 13.5 Å². The van der Waals surface area contributed by atoms with Gasteiger partial charge in [0.15, 0.2) is 0 Å². The lowest BCUT2D eigenvalue weighted by molar-refractivity contribution is 0.798. The van der Waals surface area contributed by atoms with Crippen molar-refractivity contribution in [3.63, 3.8) is 0 Å². The fourth-order valence-corrected chi connectivity index (χ4v) is 1.70. The number of aromatic nitrogens is 2. The highest BCUT2D eigenvalue weighted by molar-refractivity contribution is 6.30. The molecule has 0 atom stereocenters. The molecule has 0 aliphatic rings. The Balaban J connectivity index is 2.62. The second-order valence-electron chi connectivity index (χ2n) is 3.31. The van der Waals surface area contributed by atoms with Crippen LogP contribution in [0.2, 0.25) is 5.15 Å². The van der Waals surface area contributed by atoms with Crippen LogP contribution in [0.15, 0.2) is 18.3 Å². The Hall–Kier alpha value is -1.06. The van der Waals surface area contributed by atoms with Crippen molar-refractivity contribution in [1.82, 2.24) is 14.7 Å². The number of fused-ring (bicyclic) bond motifs is 1. The molecule has 0 fully saturated rings. The fourth-order valence-electron chi connectivity index (χ4n) is 1.45. The molecule has 2 rings (SSSR count). The summed E-state index contributed by atoms with van der Waals surface area (Å²) in [6.07, 6.45) is 1.99. The standard InChI is InChI=1S/C10H12ClN3/c1-7-3-4-9-13-8(5-12-2)10(11)14(9)6-7/h3-4,6,12H,5H2,1-2H3. The second-order valence-corrected chi connectivity index (χ2v) is 3.67. The van der Waals surface area contributed by atoms with E-state index in [0.29, 0.717) is 11.7 Å². The van der Waals surface area contributed by atoms with Crippen LogP contribution in [0.5, 0.6) is 0 Å². The Morgan fingerprint density at radius 1 is 1.50 bits per heavy atom. The zero-order valence-electron chi connectivity index (χ0n) is 8.21. The zero-order chi connectivity index (χ0) is 10.1. The van der Waals surface area contributed by atoms with Crippen LogP contribution in [0.25, 0.3) is 5.65 Å². The number of hydrogen-bond acceptors (Lipinski definition) is 2. The first-order valence-electron chi connectivity index (χ1n) is 4.50. The van der Waals surface area contributed by atoms with E-state index in [9.17, 15) is 0 Å². The van der Waals surface area contributed by atoms with Crippen molar-refractivity contribution in [1.29, 1.82) is 0 Å². The second kappa shape index (κ2) is 3.59. The van der Waals surface area contributed by atoms with E-state index in [1.165, 1.54) is 5.56 Å². The highest BCUT2D eigenvalue weighted by Gasteiger charge is 2.08. The van der Waals surface area contributed by atoms with Gasteiger partial charge in [-0.2, -0.15) is 0 Å². The molecule has 0 saturated heterocycles. The van der Waals surface area contributed by atoms with Gasteiger partial charge in [0.1, 0.15) is 10.8 Å².